The monoisotopic (exact) mass is 207 g/mol. The fourth-order valence-electron chi connectivity index (χ4n) is 0.980. The van der Waals surface area contributed by atoms with Crippen molar-refractivity contribution in [3.05, 3.63) is 17.8 Å². The van der Waals surface area contributed by atoms with Gasteiger partial charge >= 0.3 is 0 Å². The summed E-state index contributed by atoms with van der Waals surface area (Å²) in [7, 11) is 0. The first kappa shape index (κ1) is 10.9. The number of pyridine rings is 1. The maximum atomic E-state index is 8.75. The van der Waals surface area contributed by atoms with Crippen molar-refractivity contribution in [1.82, 2.24) is 4.98 Å². The van der Waals surface area contributed by atoms with E-state index >= 15 is 0 Å². The SMILES string of the molecule is CCCCSc1nccc(C#N)c1N. The summed E-state index contributed by atoms with van der Waals surface area (Å²) in [5.74, 6) is 1.00. The van der Waals surface area contributed by atoms with E-state index in [2.05, 4.69) is 11.9 Å². The number of anilines is 1. The van der Waals surface area contributed by atoms with E-state index in [4.69, 9.17) is 11.0 Å². The number of rotatable bonds is 4. The van der Waals surface area contributed by atoms with Gasteiger partial charge in [0.2, 0.25) is 0 Å². The Hall–Kier alpha value is -1.21. The van der Waals surface area contributed by atoms with Gasteiger partial charge in [0, 0.05) is 6.20 Å². The molecule has 0 fully saturated rings. The van der Waals surface area contributed by atoms with E-state index < -0.39 is 0 Å². The summed E-state index contributed by atoms with van der Waals surface area (Å²) in [5, 5.41) is 9.52. The Morgan fingerprint density at radius 3 is 3.07 bits per heavy atom. The predicted molar refractivity (Wildman–Crippen MR) is 59.0 cm³/mol. The van der Waals surface area contributed by atoms with Crippen molar-refractivity contribution in [1.29, 1.82) is 5.26 Å². The van der Waals surface area contributed by atoms with Crippen LogP contribution < -0.4 is 5.73 Å². The molecule has 0 aliphatic heterocycles. The first-order chi connectivity index (χ1) is 6.79. The van der Waals surface area contributed by atoms with Crippen molar-refractivity contribution in [2.75, 3.05) is 11.5 Å². The number of aromatic nitrogens is 1. The third-order valence-electron chi connectivity index (χ3n) is 1.81. The van der Waals surface area contributed by atoms with Gasteiger partial charge in [-0.2, -0.15) is 5.26 Å². The van der Waals surface area contributed by atoms with Gasteiger partial charge in [-0.15, -0.1) is 11.8 Å². The van der Waals surface area contributed by atoms with Gasteiger partial charge in [0.15, 0.2) is 0 Å². The van der Waals surface area contributed by atoms with E-state index in [1.54, 1.807) is 24.0 Å². The minimum absolute atomic E-state index is 0.510. The summed E-state index contributed by atoms with van der Waals surface area (Å²) in [6, 6.07) is 3.69. The molecule has 0 atom stereocenters. The molecule has 0 amide bonds. The molecule has 1 heterocycles. The minimum atomic E-state index is 0.510. The van der Waals surface area contributed by atoms with E-state index in [-0.39, 0.29) is 0 Å². The highest BCUT2D eigenvalue weighted by molar-refractivity contribution is 7.99. The molecule has 0 spiro atoms. The van der Waals surface area contributed by atoms with Crippen LogP contribution in [0.25, 0.3) is 0 Å². The quantitative estimate of drug-likeness (QED) is 0.608. The molecule has 2 N–H and O–H groups in total. The van der Waals surface area contributed by atoms with Crippen molar-refractivity contribution >= 4 is 17.4 Å². The maximum absolute atomic E-state index is 8.75. The Bertz CT molecular complexity index is 344. The highest BCUT2D eigenvalue weighted by atomic mass is 32.2. The molecule has 14 heavy (non-hydrogen) atoms. The number of nitrogens with zero attached hydrogens (tertiary/aromatic N) is 2. The molecule has 0 bridgehead atoms. The van der Waals surface area contributed by atoms with Crippen LogP contribution in [0.15, 0.2) is 17.3 Å². The molecule has 0 unspecified atom stereocenters. The molecule has 0 saturated heterocycles. The molecule has 3 nitrogen and oxygen atoms in total. The van der Waals surface area contributed by atoms with Gasteiger partial charge in [-0.3, -0.25) is 0 Å². The summed E-state index contributed by atoms with van der Waals surface area (Å²) in [6.07, 6.45) is 3.93. The Labute approximate surface area is 88.3 Å². The van der Waals surface area contributed by atoms with Crippen LogP contribution in [0.1, 0.15) is 25.3 Å². The number of hydrogen-bond donors (Lipinski definition) is 1. The molecule has 1 aromatic rings. The van der Waals surface area contributed by atoms with Crippen LogP contribution in [0.4, 0.5) is 5.69 Å². The summed E-state index contributed by atoms with van der Waals surface area (Å²) in [6.45, 7) is 2.14. The Morgan fingerprint density at radius 2 is 2.43 bits per heavy atom. The van der Waals surface area contributed by atoms with Crippen LogP contribution in [0, 0.1) is 11.3 Å². The van der Waals surface area contributed by atoms with Crippen molar-refractivity contribution < 1.29 is 0 Å². The van der Waals surface area contributed by atoms with E-state index in [9.17, 15) is 0 Å². The Morgan fingerprint density at radius 1 is 1.64 bits per heavy atom. The molecule has 4 heteroatoms. The van der Waals surface area contributed by atoms with Crippen LogP contribution in [0.2, 0.25) is 0 Å². The number of nitrogen functional groups attached to an aromatic ring is 1. The number of nitrogens with two attached hydrogens (primary N) is 1. The molecule has 1 rings (SSSR count). The van der Waals surface area contributed by atoms with Crippen molar-refractivity contribution in [2.45, 2.75) is 24.8 Å². The fourth-order valence-corrected chi connectivity index (χ4v) is 2.01. The van der Waals surface area contributed by atoms with Crippen molar-refractivity contribution in [3.8, 4) is 6.07 Å². The molecule has 0 aliphatic rings. The van der Waals surface area contributed by atoms with Crippen LogP contribution >= 0.6 is 11.8 Å². The average Bonchev–Trinajstić information content (AvgIpc) is 2.21. The largest absolute Gasteiger partial charge is 0.395 e. The summed E-state index contributed by atoms with van der Waals surface area (Å²) < 4.78 is 0. The van der Waals surface area contributed by atoms with Crippen molar-refractivity contribution in [2.24, 2.45) is 0 Å². The molecule has 0 radical (unpaired) electrons. The number of thioether (sulfide) groups is 1. The second-order valence-electron chi connectivity index (χ2n) is 2.89. The highest BCUT2D eigenvalue weighted by Gasteiger charge is 2.05. The normalized spacial score (nSPS) is 9.71. The van der Waals surface area contributed by atoms with E-state index in [1.807, 2.05) is 6.07 Å². The van der Waals surface area contributed by atoms with E-state index in [1.165, 1.54) is 0 Å². The van der Waals surface area contributed by atoms with Crippen LogP contribution in [0.5, 0.6) is 0 Å². The lowest BCUT2D eigenvalue weighted by molar-refractivity contribution is 0.894. The second kappa shape index (κ2) is 5.51. The van der Waals surface area contributed by atoms with Gasteiger partial charge in [0.1, 0.15) is 11.1 Å². The van der Waals surface area contributed by atoms with E-state index in [0.717, 1.165) is 23.6 Å². The molecule has 0 aromatic carbocycles. The summed E-state index contributed by atoms with van der Waals surface area (Å²) in [5.41, 5.74) is 6.79. The van der Waals surface area contributed by atoms with Crippen LogP contribution in [0.3, 0.4) is 0 Å². The van der Waals surface area contributed by atoms with Crippen molar-refractivity contribution in [3.63, 3.8) is 0 Å². The zero-order valence-corrected chi connectivity index (χ0v) is 8.97. The van der Waals surface area contributed by atoms with Crippen LogP contribution in [-0.4, -0.2) is 10.7 Å². The lowest BCUT2D eigenvalue weighted by Gasteiger charge is -2.04. The van der Waals surface area contributed by atoms with Gasteiger partial charge in [-0.1, -0.05) is 13.3 Å². The molecule has 0 aliphatic carbocycles. The average molecular weight is 207 g/mol. The van der Waals surface area contributed by atoms with Gasteiger partial charge in [0.05, 0.1) is 11.3 Å². The van der Waals surface area contributed by atoms with Gasteiger partial charge in [-0.05, 0) is 18.2 Å². The lowest BCUT2D eigenvalue weighted by Crippen LogP contribution is -1.96. The van der Waals surface area contributed by atoms with Gasteiger partial charge in [-0.25, -0.2) is 4.98 Å². The number of unbranched alkanes of at least 4 members (excludes halogenated alkanes) is 1. The maximum Gasteiger partial charge on any atom is 0.120 e. The van der Waals surface area contributed by atoms with Gasteiger partial charge < -0.3 is 5.73 Å². The smallest absolute Gasteiger partial charge is 0.120 e. The third-order valence-corrected chi connectivity index (χ3v) is 2.90. The Kier molecular flexibility index (Phi) is 4.27. The first-order valence-corrected chi connectivity index (χ1v) is 5.55. The first-order valence-electron chi connectivity index (χ1n) is 4.57. The number of nitriles is 1. The highest BCUT2D eigenvalue weighted by Crippen LogP contribution is 2.25. The zero-order valence-electron chi connectivity index (χ0n) is 8.16. The molecule has 1 aromatic heterocycles. The third kappa shape index (κ3) is 2.64. The standard InChI is InChI=1S/C10H13N3S/c1-2-3-6-14-10-9(12)8(7-11)4-5-13-10/h4-5H,2-3,6,12H2,1H3. The Balaban J connectivity index is 2.73. The van der Waals surface area contributed by atoms with E-state index in [0.29, 0.717) is 11.3 Å². The molecular formula is C10H13N3S. The summed E-state index contributed by atoms with van der Waals surface area (Å²) in [4.78, 5) is 4.15. The summed E-state index contributed by atoms with van der Waals surface area (Å²) >= 11 is 1.61. The zero-order chi connectivity index (χ0) is 10.4. The lowest BCUT2D eigenvalue weighted by atomic mass is 10.2. The predicted octanol–water partition coefficient (Wildman–Crippen LogP) is 2.43. The fraction of sp³-hybridized carbons (Fsp3) is 0.400. The van der Waals surface area contributed by atoms with Gasteiger partial charge in [0.25, 0.3) is 0 Å². The molecular weight excluding hydrogens is 194 g/mol. The number of hydrogen-bond acceptors (Lipinski definition) is 4. The van der Waals surface area contributed by atoms with Crippen LogP contribution in [-0.2, 0) is 0 Å². The minimum Gasteiger partial charge on any atom is -0.395 e. The molecule has 74 valence electrons. The second-order valence-corrected chi connectivity index (χ2v) is 3.97. The molecule has 0 saturated carbocycles. The topological polar surface area (TPSA) is 62.7 Å².